The number of hydrogen-bond donors (Lipinski definition) is 2. The summed E-state index contributed by atoms with van der Waals surface area (Å²) in [6, 6.07) is 5.61. The lowest BCUT2D eigenvalue weighted by Crippen LogP contribution is -2.24. The summed E-state index contributed by atoms with van der Waals surface area (Å²) < 4.78 is 24.8. The van der Waals surface area contributed by atoms with Crippen molar-refractivity contribution in [3.05, 3.63) is 45.3 Å². The Morgan fingerprint density at radius 1 is 1.30 bits per heavy atom. The highest BCUT2D eigenvalue weighted by Gasteiger charge is 2.28. The van der Waals surface area contributed by atoms with E-state index in [0.29, 0.717) is 21.5 Å². The number of sulfone groups is 1. The Bertz CT molecular complexity index is 997. The van der Waals surface area contributed by atoms with Gasteiger partial charge >= 0.3 is 0 Å². The summed E-state index contributed by atoms with van der Waals surface area (Å²) in [5, 5.41) is 3.31. The van der Waals surface area contributed by atoms with E-state index in [4.69, 9.17) is 17.3 Å². The third-order valence-electron chi connectivity index (χ3n) is 4.50. The highest BCUT2D eigenvalue weighted by atomic mass is 35.5. The zero-order valence-electron chi connectivity index (χ0n) is 14.6. The van der Waals surface area contributed by atoms with Crippen molar-refractivity contribution >= 4 is 49.6 Å². The zero-order chi connectivity index (χ0) is 19.8. The van der Waals surface area contributed by atoms with Crippen LogP contribution in [0.2, 0.25) is 5.02 Å². The molecule has 2 aromatic rings. The summed E-state index contributed by atoms with van der Waals surface area (Å²) in [6.07, 6.45) is 2.49. The van der Waals surface area contributed by atoms with Gasteiger partial charge in [0.05, 0.1) is 10.5 Å². The number of anilines is 1. The van der Waals surface area contributed by atoms with Crippen LogP contribution in [0.5, 0.6) is 0 Å². The van der Waals surface area contributed by atoms with E-state index in [0.717, 1.165) is 29.7 Å². The normalized spacial score (nSPS) is 16.6. The van der Waals surface area contributed by atoms with E-state index in [9.17, 15) is 18.0 Å². The minimum absolute atomic E-state index is 0.0106. The molecule has 0 radical (unpaired) electrons. The first kappa shape index (κ1) is 19.9. The quantitative estimate of drug-likeness (QED) is 0.766. The van der Waals surface area contributed by atoms with Gasteiger partial charge in [0.1, 0.15) is 10.8 Å². The number of halogens is 1. The van der Waals surface area contributed by atoms with E-state index >= 15 is 0 Å². The highest BCUT2D eigenvalue weighted by molar-refractivity contribution is 7.92. The second-order valence-electron chi connectivity index (χ2n) is 6.68. The Morgan fingerprint density at radius 3 is 2.59 bits per heavy atom. The van der Waals surface area contributed by atoms with Crippen LogP contribution in [0.25, 0.3) is 0 Å². The maximum Gasteiger partial charge on any atom is 0.251 e. The molecule has 0 unspecified atom stereocenters. The molecule has 0 saturated heterocycles. The molecule has 3 N–H and O–H groups in total. The molecule has 1 aliphatic carbocycles. The van der Waals surface area contributed by atoms with Gasteiger partial charge in [0.15, 0.2) is 9.84 Å². The lowest BCUT2D eigenvalue weighted by atomic mass is 9.88. The number of amides is 2. The average molecular weight is 427 g/mol. The molecule has 1 atom stereocenters. The summed E-state index contributed by atoms with van der Waals surface area (Å²) in [7, 11) is -3.82. The minimum atomic E-state index is -3.82. The molecule has 0 aliphatic heterocycles. The monoisotopic (exact) mass is 426 g/mol. The van der Waals surface area contributed by atoms with Crippen molar-refractivity contribution in [1.82, 2.24) is 0 Å². The van der Waals surface area contributed by atoms with Gasteiger partial charge in [-0.1, -0.05) is 18.5 Å². The summed E-state index contributed by atoms with van der Waals surface area (Å²) in [5.74, 6) is -1.56. The topological polar surface area (TPSA) is 106 Å². The fraction of sp³-hybridized carbons (Fsp3) is 0.333. The number of carbonyl (C=O) groups excluding carboxylic acids is 2. The van der Waals surface area contributed by atoms with Crippen molar-refractivity contribution in [3.8, 4) is 0 Å². The molecule has 27 heavy (non-hydrogen) atoms. The van der Waals surface area contributed by atoms with E-state index in [2.05, 4.69) is 12.2 Å². The van der Waals surface area contributed by atoms with Crippen molar-refractivity contribution in [3.63, 3.8) is 0 Å². The van der Waals surface area contributed by atoms with Gasteiger partial charge in [-0.15, -0.1) is 11.3 Å². The van der Waals surface area contributed by atoms with Gasteiger partial charge in [0, 0.05) is 9.90 Å². The van der Waals surface area contributed by atoms with Crippen molar-refractivity contribution in [1.29, 1.82) is 0 Å². The molecule has 0 saturated carbocycles. The molecule has 0 fully saturated rings. The molecule has 0 spiro atoms. The van der Waals surface area contributed by atoms with Crippen LogP contribution in [0.15, 0.2) is 29.2 Å². The van der Waals surface area contributed by atoms with E-state index < -0.39 is 27.4 Å². The van der Waals surface area contributed by atoms with E-state index in [1.807, 2.05) is 0 Å². The number of fused-ring (bicyclic) bond motifs is 1. The number of benzene rings is 1. The number of nitrogens with one attached hydrogen (secondary N) is 1. The molecular weight excluding hydrogens is 408 g/mol. The third kappa shape index (κ3) is 4.34. The fourth-order valence-electron chi connectivity index (χ4n) is 3.16. The van der Waals surface area contributed by atoms with Crippen molar-refractivity contribution < 1.29 is 18.0 Å². The van der Waals surface area contributed by atoms with Crippen LogP contribution in [0.1, 0.15) is 34.1 Å². The van der Waals surface area contributed by atoms with Gasteiger partial charge in [0.2, 0.25) is 5.91 Å². The molecule has 0 bridgehead atoms. The average Bonchev–Trinajstić information content (AvgIpc) is 2.91. The standard InChI is InChI=1S/C18H19ClN2O4S2/c1-10-2-7-13-14(8-10)26-18(16(13)17(20)23)21-15(22)9-27(24,25)12-5-3-11(19)4-6-12/h3-6,10H,2,7-9H2,1H3,(H2,20,23)(H,21,22)/t10-/m1/s1. The third-order valence-corrected chi connectivity index (χ3v) is 7.56. The van der Waals surface area contributed by atoms with Crippen LogP contribution in [-0.4, -0.2) is 26.0 Å². The summed E-state index contributed by atoms with van der Waals surface area (Å²) in [6.45, 7) is 2.13. The molecule has 6 nitrogen and oxygen atoms in total. The van der Waals surface area contributed by atoms with Gasteiger partial charge in [0.25, 0.3) is 5.91 Å². The molecule has 9 heteroatoms. The second-order valence-corrected chi connectivity index (χ2v) is 10.2. The van der Waals surface area contributed by atoms with Gasteiger partial charge in [-0.25, -0.2) is 8.42 Å². The van der Waals surface area contributed by atoms with Gasteiger partial charge in [-0.05, 0) is 55.0 Å². The fourth-order valence-corrected chi connectivity index (χ4v) is 5.85. The first-order valence-corrected chi connectivity index (χ1v) is 11.2. The maximum atomic E-state index is 12.4. The minimum Gasteiger partial charge on any atom is -0.365 e. The Balaban J connectivity index is 1.82. The van der Waals surface area contributed by atoms with Gasteiger partial charge in [-0.2, -0.15) is 0 Å². The molecular formula is C18H19ClN2O4S2. The number of carbonyl (C=O) groups is 2. The number of thiophene rings is 1. The lowest BCUT2D eigenvalue weighted by molar-refractivity contribution is -0.113. The Kier molecular flexibility index (Phi) is 5.60. The molecule has 1 aromatic carbocycles. The van der Waals surface area contributed by atoms with Crippen molar-refractivity contribution in [2.45, 2.75) is 31.1 Å². The van der Waals surface area contributed by atoms with E-state index in [1.54, 1.807) is 0 Å². The van der Waals surface area contributed by atoms with Gasteiger partial charge in [-0.3, -0.25) is 9.59 Å². The number of hydrogen-bond acceptors (Lipinski definition) is 5. The number of rotatable bonds is 5. The summed E-state index contributed by atoms with van der Waals surface area (Å²) in [4.78, 5) is 25.3. The predicted octanol–water partition coefficient (Wildman–Crippen LogP) is 3.04. The Morgan fingerprint density at radius 2 is 1.96 bits per heavy atom. The van der Waals surface area contributed by atoms with E-state index in [-0.39, 0.29) is 4.90 Å². The molecule has 1 aliphatic rings. The predicted molar refractivity (Wildman–Crippen MR) is 106 cm³/mol. The molecule has 1 heterocycles. The largest absolute Gasteiger partial charge is 0.365 e. The van der Waals surface area contributed by atoms with Gasteiger partial charge < -0.3 is 11.1 Å². The van der Waals surface area contributed by atoms with Crippen molar-refractivity contribution in [2.24, 2.45) is 11.7 Å². The first-order valence-electron chi connectivity index (χ1n) is 8.40. The SMILES string of the molecule is C[C@@H]1CCc2c(sc(NC(=O)CS(=O)(=O)c3ccc(Cl)cc3)c2C(N)=O)C1. The first-order chi connectivity index (χ1) is 12.7. The smallest absolute Gasteiger partial charge is 0.251 e. The number of primary amides is 1. The van der Waals surface area contributed by atoms with Crippen LogP contribution in [0, 0.1) is 5.92 Å². The maximum absolute atomic E-state index is 12.4. The highest BCUT2D eigenvalue weighted by Crippen LogP contribution is 2.39. The van der Waals surface area contributed by atoms with Crippen LogP contribution >= 0.6 is 22.9 Å². The lowest BCUT2D eigenvalue weighted by Gasteiger charge is -2.18. The summed E-state index contributed by atoms with van der Waals surface area (Å²) in [5.41, 5.74) is 6.69. The molecule has 1 aromatic heterocycles. The van der Waals surface area contributed by atoms with Crippen molar-refractivity contribution in [2.75, 3.05) is 11.1 Å². The molecule has 3 rings (SSSR count). The molecule has 144 valence electrons. The van der Waals surface area contributed by atoms with Crippen LogP contribution < -0.4 is 11.1 Å². The van der Waals surface area contributed by atoms with Crippen LogP contribution in [-0.2, 0) is 27.5 Å². The summed E-state index contributed by atoms with van der Waals surface area (Å²) >= 11 is 7.07. The Labute approximate surface area is 166 Å². The molecule has 2 amide bonds. The van der Waals surface area contributed by atoms with Crippen LogP contribution in [0.4, 0.5) is 5.00 Å². The zero-order valence-corrected chi connectivity index (χ0v) is 17.0. The van der Waals surface area contributed by atoms with Crippen LogP contribution in [0.3, 0.4) is 0 Å². The second kappa shape index (κ2) is 7.61. The number of nitrogens with two attached hydrogens (primary N) is 1. The van der Waals surface area contributed by atoms with E-state index in [1.165, 1.54) is 35.6 Å². The Hall–Kier alpha value is -1.90.